The lowest BCUT2D eigenvalue weighted by molar-refractivity contribution is -0.123. The van der Waals surface area contributed by atoms with Gasteiger partial charge in [-0.3, -0.25) is 9.59 Å². The number of rotatable bonds is 3. The molecule has 0 radical (unpaired) electrons. The third-order valence-electron chi connectivity index (χ3n) is 5.11. The van der Waals surface area contributed by atoms with Crippen molar-refractivity contribution in [3.05, 3.63) is 59.4 Å². The molecule has 2 amide bonds. The van der Waals surface area contributed by atoms with E-state index >= 15 is 0 Å². The monoisotopic (exact) mass is 374 g/mol. The fourth-order valence-corrected chi connectivity index (χ4v) is 3.57. The van der Waals surface area contributed by atoms with E-state index in [9.17, 15) is 22.8 Å². The highest BCUT2D eigenvalue weighted by Gasteiger charge is 2.50. The van der Waals surface area contributed by atoms with Crippen LogP contribution in [0, 0.1) is 29.3 Å². The Labute approximate surface area is 154 Å². The number of carbonyl (C=O) groups excluding carboxylic acids is 2. The van der Waals surface area contributed by atoms with Crippen molar-refractivity contribution in [1.82, 2.24) is 0 Å². The van der Waals surface area contributed by atoms with Crippen LogP contribution in [0.15, 0.2) is 36.4 Å². The summed E-state index contributed by atoms with van der Waals surface area (Å²) in [6.45, 7) is 0.596. The van der Waals surface area contributed by atoms with Crippen LogP contribution in [0.2, 0.25) is 0 Å². The number of para-hydroxylation sites is 1. The summed E-state index contributed by atoms with van der Waals surface area (Å²) < 4.78 is 40.0. The van der Waals surface area contributed by atoms with E-state index in [1.807, 2.05) is 24.3 Å². The van der Waals surface area contributed by atoms with Crippen molar-refractivity contribution >= 4 is 23.2 Å². The molecule has 1 aliphatic heterocycles. The Hall–Kier alpha value is -2.83. The zero-order chi connectivity index (χ0) is 19.1. The molecule has 2 aliphatic rings. The zero-order valence-corrected chi connectivity index (χ0v) is 14.3. The van der Waals surface area contributed by atoms with Crippen LogP contribution in [-0.2, 0) is 16.0 Å². The lowest BCUT2D eigenvalue weighted by Gasteiger charge is -2.29. The van der Waals surface area contributed by atoms with Crippen LogP contribution in [0.4, 0.5) is 24.5 Å². The van der Waals surface area contributed by atoms with Crippen LogP contribution in [-0.4, -0.2) is 18.4 Å². The third kappa shape index (κ3) is 3.18. The van der Waals surface area contributed by atoms with Crippen LogP contribution in [0.3, 0.4) is 0 Å². The lowest BCUT2D eigenvalue weighted by atomic mass is 10.0. The van der Waals surface area contributed by atoms with Crippen LogP contribution in [0.25, 0.3) is 0 Å². The first-order valence-corrected chi connectivity index (χ1v) is 8.81. The first kappa shape index (κ1) is 17.6. The first-order valence-electron chi connectivity index (χ1n) is 8.81. The van der Waals surface area contributed by atoms with Crippen molar-refractivity contribution in [2.45, 2.75) is 19.3 Å². The summed E-state index contributed by atoms with van der Waals surface area (Å²) in [6.07, 6.45) is 2.12. The molecule has 1 aliphatic carbocycles. The number of anilines is 2. The Morgan fingerprint density at radius 3 is 2.59 bits per heavy atom. The average molecular weight is 374 g/mol. The van der Waals surface area contributed by atoms with Gasteiger partial charge in [0.1, 0.15) is 0 Å². The van der Waals surface area contributed by atoms with E-state index in [1.165, 1.54) is 0 Å². The number of benzene rings is 2. The molecule has 7 heteroatoms. The maximum atomic E-state index is 13.7. The predicted octanol–water partition coefficient (Wildman–Crippen LogP) is 3.66. The van der Waals surface area contributed by atoms with Gasteiger partial charge in [-0.2, -0.15) is 0 Å². The van der Waals surface area contributed by atoms with Crippen molar-refractivity contribution < 1.29 is 22.8 Å². The molecule has 140 valence electrons. The number of aryl methyl sites for hydroxylation is 1. The molecule has 4 nitrogen and oxygen atoms in total. The number of amides is 2. The van der Waals surface area contributed by atoms with E-state index < -0.39 is 40.9 Å². The molecule has 0 aromatic heterocycles. The Bertz CT molecular complexity index is 931. The van der Waals surface area contributed by atoms with Gasteiger partial charge in [0.2, 0.25) is 11.8 Å². The third-order valence-corrected chi connectivity index (χ3v) is 5.11. The molecule has 1 fully saturated rings. The number of hydrogen-bond acceptors (Lipinski definition) is 2. The molecule has 0 saturated heterocycles. The quantitative estimate of drug-likeness (QED) is 0.834. The van der Waals surface area contributed by atoms with Gasteiger partial charge in [-0.05, 0) is 43.0 Å². The van der Waals surface area contributed by atoms with Gasteiger partial charge in [0.15, 0.2) is 17.5 Å². The van der Waals surface area contributed by atoms with E-state index in [0.717, 1.165) is 36.2 Å². The summed E-state index contributed by atoms with van der Waals surface area (Å²) in [7, 11) is 0. The SMILES string of the molecule is O=C(Nc1ccc(F)c(F)c1F)C1CC1C(=O)N1CCCc2ccccc21. The Morgan fingerprint density at radius 1 is 1.00 bits per heavy atom. The fraction of sp³-hybridized carbons (Fsp3) is 0.300. The summed E-state index contributed by atoms with van der Waals surface area (Å²) >= 11 is 0. The molecule has 1 saturated carbocycles. The molecular formula is C20H17F3N2O2. The first-order chi connectivity index (χ1) is 13.0. The Balaban J connectivity index is 1.45. The number of fused-ring (bicyclic) bond motifs is 1. The zero-order valence-electron chi connectivity index (χ0n) is 14.3. The fourth-order valence-electron chi connectivity index (χ4n) is 3.57. The van der Waals surface area contributed by atoms with Crippen LogP contribution in [0.1, 0.15) is 18.4 Å². The topological polar surface area (TPSA) is 49.4 Å². The smallest absolute Gasteiger partial charge is 0.230 e. The maximum Gasteiger partial charge on any atom is 0.230 e. The summed E-state index contributed by atoms with van der Waals surface area (Å²) in [4.78, 5) is 26.8. The molecule has 2 aromatic rings. The molecule has 27 heavy (non-hydrogen) atoms. The standard InChI is InChI=1S/C20H17F3N2O2/c21-14-7-8-15(18(23)17(14)22)24-19(26)12-10-13(12)20(27)25-9-3-5-11-4-1-2-6-16(11)25/h1-2,4,6-8,12-13H,3,5,9-10H2,(H,24,26). The molecular weight excluding hydrogens is 357 g/mol. The second-order valence-corrected chi connectivity index (χ2v) is 6.88. The number of carbonyl (C=O) groups is 2. The van der Waals surface area contributed by atoms with Crippen molar-refractivity contribution in [3.8, 4) is 0 Å². The van der Waals surface area contributed by atoms with Crippen LogP contribution >= 0.6 is 0 Å². The Kier molecular flexibility index (Phi) is 4.37. The van der Waals surface area contributed by atoms with Gasteiger partial charge < -0.3 is 10.2 Å². The van der Waals surface area contributed by atoms with Gasteiger partial charge in [0, 0.05) is 12.2 Å². The maximum absolute atomic E-state index is 13.7. The van der Waals surface area contributed by atoms with E-state index in [-0.39, 0.29) is 5.91 Å². The summed E-state index contributed by atoms with van der Waals surface area (Å²) in [5, 5.41) is 2.26. The van der Waals surface area contributed by atoms with Gasteiger partial charge in [-0.15, -0.1) is 0 Å². The van der Waals surface area contributed by atoms with Gasteiger partial charge in [-0.1, -0.05) is 18.2 Å². The number of nitrogens with one attached hydrogen (secondary N) is 1. The molecule has 2 aromatic carbocycles. The van der Waals surface area contributed by atoms with Gasteiger partial charge in [-0.25, -0.2) is 13.2 Å². The Morgan fingerprint density at radius 2 is 1.78 bits per heavy atom. The van der Waals surface area contributed by atoms with E-state index in [4.69, 9.17) is 0 Å². The minimum Gasteiger partial charge on any atom is -0.323 e. The number of halogens is 3. The molecule has 1 N–H and O–H groups in total. The van der Waals surface area contributed by atoms with Gasteiger partial charge in [0.05, 0.1) is 17.5 Å². The van der Waals surface area contributed by atoms with E-state index in [1.54, 1.807) is 4.90 Å². The predicted molar refractivity (Wildman–Crippen MR) is 93.7 cm³/mol. The van der Waals surface area contributed by atoms with E-state index in [2.05, 4.69) is 5.32 Å². The van der Waals surface area contributed by atoms with Gasteiger partial charge >= 0.3 is 0 Å². The summed E-state index contributed by atoms with van der Waals surface area (Å²) in [5.74, 6) is -6.19. The number of hydrogen-bond donors (Lipinski definition) is 1. The normalized spacial score (nSPS) is 20.8. The highest BCUT2D eigenvalue weighted by Crippen LogP contribution is 2.43. The van der Waals surface area contributed by atoms with Crippen molar-refractivity contribution in [1.29, 1.82) is 0 Å². The summed E-state index contributed by atoms with van der Waals surface area (Å²) in [6, 6.07) is 9.38. The number of nitrogens with zero attached hydrogens (tertiary/aromatic N) is 1. The highest BCUT2D eigenvalue weighted by atomic mass is 19.2. The minimum atomic E-state index is -1.64. The molecule has 1 heterocycles. The molecule has 2 unspecified atom stereocenters. The second-order valence-electron chi connectivity index (χ2n) is 6.88. The molecule has 4 rings (SSSR count). The lowest BCUT2D eigenvalue weighted by Crippen LogP contribution is -2.37. The highest BCUT2D eigenvalue weighted by molar-refractivity contribution is 6.04. The molecule has 0 bridgehead atoms. The average Bonchev–Trinajstić information content (AvgIpc) is 3.48. The second kappa shape index (κ2) is 6.72. The summed E-state index contributed by atoms with van der Waals surface area (Å²) in [5.41, 5.74) is 1.54. The molecule has 2 atom stereocenters. The van der Waals surface area contributed by atoms with Gasteiger partial charge in [0.25, 0.3) is 0 Å². The van der Waals surface area contributed by atoms with Crippen molar-refractivity contribution in [2.75, 3.05) is 16.8 Å². The minimum absolute atomic E-state index is 0.131. The molecule has 0 spiro atoms. The van der Waals surface area contributed by atoms with Crippen LogP contribution < -0.4 is 10.2 Å². The van der Waals surface area contributed by atoms with E-state index in [0.29, 0.717) is 13.0 Å². The van der Waals surface area contributed by atoms with Crippen molar-refractivity contribution in [3.63, 3.8) is 0 Å². The van der Waals surface area contributed by atoms with Crippen molar-refractivity contribution in [2.24, 2.45) is 11.8 Å². The largest absolute Gasteiger partial charge is 0.323 e. The van der Waals surface area contributed by atoms with Crippen LogP contribution in [0.5, 0.6) is 0 Å².